The van der Waals surface area contributed by atoms with Crippen LogP contribution in [0.5, 0.6) is 0 Å². The van der Waals surface area contributed by atoms with Crippen molar-refractivity contribution in [1.82, 2.24) is 5.06 Å². The van der Waals surface area contributed by atoms with Gasteiger partial charge in [0.25, 0.3) is 5.91 Å². The number of hydrogen-bond acceptors (Lipinski definition) is 4. The first-order chi connectivity index (χ1) is 7.67. The van der Waals surface area contributed by atoms with Gasteiger partial charge in [-0.15, -0.1) is 0 Å². The Kier molecular flexibility index (Phi) is 6.12. The van der Waals surface area contributed by atoms with Crippen LogP contribution in [0.4, 0.5) is 0 Å². The zero-order valence-corrected chi connectivity index (χ0v) is 10.9. The summed E-state index contributed by atoms with van der Waals surface area (Å²) in [7, 11) is 1.40. The minimum atomic E-state index is -0.965. The molecule has 0 aliphatic carbocycles. The Balaban J connectivity index is 4.37. The van der Waals surface area contributed by atoms with Gasteiger partial charge in [0.15, 0.2) is 0 Å². The molecule has 3 N–H and O–H groups in total. The Morgan fingerprint density at radius 3 is 2.29 bits per heavy atom. The van der Waals surface area contributed by atoms with Gasteiger partial charge in [-0.1, -0.05) is 20.8 Å². The van der Waals surface area contributed by atoms with Crippen LogP contribution >= 0.6 is 0 Å². The molecule has 0 saturated heterocycles. The number of hydrogen-bond donors (Lipinski definition) is 2. The van der Waals surface area contributed by atoms with Crippen LogP contribution in [0.3, 0.4) is 0 Å². The molecule has 1 atom stereocenters. The Hall–Kier alpha value is -1.14. The average Bonchev–Trinajstić information content (AvgIpc) is 2.20. The number of rotatable bonds is 6. The molecule has 0 aliphatic rings. The molecule has 0 aromatic carbocycles. The fourth-order valence-corrected chi connectivity index (χ4v) is 1.25. The quantitative estimate of drug-likeness (QED) is 0.670. The highest BCUT2D eigenvalue weighted by molar-refractivity contribution is 5.81. The molecule has 0 spiro atoms. The van der Waals surface area contributed by atoms with Crippen LogP contribution in [0, 0.1) is 5.41 Å². The number of aliphatic carboxylic acids is 1. The number of carbonyl (C=O) groups excluding carboxylic acids is 1. The minimum absolute atomic E-state index is 0.109. The molecule has 0 radical (unpaired) electrons. The first-order valence-electron chi connectivity index (χ1n) is 5.50. The monoisotopic (exact) mass is 246 g/mol. The van der Waals surface area contributed by atoms with Crippen LogP contribution in [-0.4, -0.2) is 41.7 Å². The van der Waals surface area contributed by atoms with Gasteiger partial charge in [-0.25, -0.2) is 5.06 Å². The number of amides is 1. The summed E-state index contributed by atoms with van der Waals surface area (Å²) < 4.78 is 0. The normalized spacial score (nSPS) is 13.2. The predicted molar refractivity (Wildman–Crippen MR) is 63.0 cm³/mol. The van der Waals surface area contributed by atoms with Gasteiger partial charge in [0.2, 0.25) is 0 Å². The molecular formula is C11H22N2O4. The van der Waals surface area contributed by atoms with Crippen LogP contribution in [0.25, 0.3) is 0 Å². The highest BCUT2D eigenvalue weighted by atomic mass is 16.7. The van der Waals surface area contributed by atoms with Crippen molar-refractivity contribution < 1.29 is 19.5 Å². The summed E-state index contributed by atoms with van der Waals surface area (Å²) in [5.74, 6) is -1.35. The SMILES string of the molecule is CON(CC(C)(C)C)C(=O)C(N)CCC(=O)O. The second-order valence-corrected chi connectivity index (χ2v) is 5.16. The number of nitrogens with zero attached hydrogens (tertiary/aromatic N) is 1. The first-order valence-corrected chi connectivity index (χ1v) is 5.50. The molecular weight excluding hydrogens is 224 g/mol. The summed E-state index contributed by atoms with van der Waals surface area (Å²) >= 11 is 0. The maximum absolute atomic E-state index is 11.8. The smallest absolute Gasteiger partial charge is 0.303 e. The van der Waals surface area contributed by atoms with Crippen molar-refractivity contribution >= 4 is 11.9 Å². The molecule has 0 saturated carbocycles. The third kappa shape index (κ3) is 6.91. The molecule has 1 unspecified atom stereocenters. The van der Waals surface area contributed by atoms with Gasteiger partial charge in [0.1, 0.15) is 0 Å². The highest BCUT2D eigenvalue weighted by Crippen LogP contribution is 2.16. The summed E-state index contributed by atoms with van der Waals surface area (Å²) in [5.41, 5.74) is 5.51. The lowest BCUT2D eigenvalue weighted by Crippen LogP contribution is -2.46. The lowest BCUT2D eigenvalue weighted by atomic mass is 9.96. The summed E-state index contributed by atoms with van der Waals surface area (Å²) in [4.78, 5) is 27.2. The fourth-order valence-electron chi connectivity index (χ4n) is 1.25. The summed E-state index contributed by atoms with van der Waals surface area (Å²) in [6.07, 6.45) is -0.0157. The van der Waals surface area contributed by atoms with E-state index in [0.29, 0.717) is 6.54 Å². The van der Waals surface area contributed by atoms with Gasteiger partial charge in [-0.05, 0) is 11.8 Å². The van der Waals surface area contributed by atoms with E-state index >= 15 is 0 Å². The molecule has 6 nitrogen and oxygen atoms in total. The van der Waals surface area contributed by atoms with Crippen LogP contribution in [0.2, 0.25) is 0 Å². The topological polar surface area (TPSA) is 92.9 Å². The number of hydroxylamine groups is 2. The Morgan fingerprint density at radius 1 is 1.41 bits per heavy atom. The van der Waals surface area contributed by atoms with Crippen LogP contribution < -0.4 is 5.73 Å². The Bertz CT molecular complexity index is 273. The van der Waals surface area contributed by atoms with E-state index in [9.17, 15) is 9.59 Å². The van der Waals surface area contributed by atoms with Gasteiger partial charge in [-0.3, -0.25) is 14.4 Å². The maximum Gasteiger partial charge on any atom is 0.303 e. The van der Waals surface area contributed by atoms with Crippen molar-refractivity contribution in [3.05, 3.63) is 0 Å². The summed E-state index contributed by atoms with van der Waals surface area (Å²) in [5, 5.41) is 9.70. The third-order valence-electron chi connectivity index (χ3n) is 2.07. The van der Waals surface area contributed by atoms with Crippen molar-refractivity contribution in [1.29, 1.82) is 0 Å². The van der Waals surface area contributed by atoms with Crippen molar-refractivity contribution in [3.63, 3.8) is 0 Å². The number of carboxylic acid groups (broad SMARTS) is 1. The van der Waals surface area contributed by atoms with E-state index in [4.69, 9.17) is 15.7 Å². The van der Waals surface area contributed by atoms with E-state index in [1.54, 1.807) is 0 Å². The zero-order valence-electron chi connectivity index (χ0n) is 10.9. The van der Waals surface area contributed by atoms with Crippen molar-refractivity contribution in [3.8, 4) is 0 Å². The van der Waals surface area contributed by atoms with E-state index < -0.39 is 12.0 Å². The van der Waals surface area contributed by atoms with Gasteiger partial charge < -0.3 is 10.8 Å². The van der Waals surface area contributed by atoms with Gasteiger partial charge >= 0.3 is 5.97 Å². The van der Waals surface area contributed by atoms with E-state index in [0.717, 1.165) is 0 Å². The fraction of sp³-hybridized carbons (Fsp3) is 0.818. The second-order valence-electron chi connectivity index (χ2n) is 5.16. The number of carboxylic acids is 1. The lowest BCUT2D eigenvalue weighted by Gasteiger charge is -2.29. The number of nitrogens with two attached hydrogens (primary N) is 1. The molecule has 0 aromatic heterocycles. The van der Waals surface area contributed by atoms with E-state index in [1.807, 2.05) is 20.8 Å². The molecule has 0 aliphatic heterocycles. The molecule has 100 valence electrons. The molecule has 6 heteroatoms. The van der Waals surface area contributed by atoms with Gasteiger partial charge in [-0.2, -0.15) is 0 Å². The zero-order chi connectivity index (χ0) is 13.6. The average molecular weight is 246 g/mol. The molecule has 0 rings (SSSR count). The predicted octanol–water partition coefficient (Wildman–Crippen LogP) is 0.615. The standard InChI is InChI=1S/C11H22N2O4/c1-11(2,3)7-13(17-4)10(16)8(12)5-6-9(14)15/h8H,5-7,12H2,1-4H3,(H,14,15). The number of carbonyl (C=O) groups is 2. The van der Waals surface area contributed by atoms with E-state index in [-0.39, 0.29) is 24.2 Å². The maximum atomic E-state index is 11.8. The van der Waals surface area contributed by atoms with E-state index in [1.165, 1.54) is 12.2 Å². The lowest BCUT2D eigenvalue weighted by molar-refractivity contribution is -0.183. The molecule has 0 aromatic rings. The molecule has 0 heterocycles. The molecule has 1 amide bonds. The largest absolute Gasteiger partial charge is 0.481 e. The Morgan fingerprint density at radius 2 is 1.94 bits per heavy atom. The van der Waals surface area contributed by atoms with Crippen molar-refractivity contribution in [2.24, 2.45) is 11.1 Å². The summed E-state index contributed by atoms with van der Waals surface area (Å²) in [6.45, 7) is 6.31. The second kappa shape index (κ2) is 6.56. The Labute approximate surface area is 102 Å². The van der Waals surface area contributed by atoms with Crippen LogP contribution in [0.1, 0.15) is 33.6 Å². The highest BCUT2D eigenvalue weighted by Gasteiger charge is 2.25. The summed E-state index contributed by atoms with van der Waals surface area (Å²) in [6, 6.07) is -0.839. The van der Waals surface area contributed by atoms with Crippen molar-refractivity contribution in [2.45, 2.75) is 39.7 Å². The van der Waals surface area contributed by atoms with Gasteiger partial charge in [0.05, 0.1) is 19.7 Å². The third-order valence-corrected chi connectivity index (χ3v) is 2.07. The molecule has 17 heavy (non-hydrogen) atoms. The first kappa shape index (κ1) is 15.9. The minimum Gasteiger partial charge on any atom is -0.481 e. The molecule has 0 fully saturated rings. The van der Waals surface area contributed by atoms with Gasteiger partial charge in [0, 0.05) is 6.42 Å². The van der Waals surface area contributed by atoms with Crippen LogP contribution in [-0.2, 0) is 14.4 Å². The van der Waals surface area contributed by atoms with E-state index in [2.05, 4.69) is 0 Å². The van der Waals surface area contributed by atoms with Crippen LogP contribution in [0.15, 0.2) is 0 Å². The van der Waals surface area contributed by atoms with Crippen molar-refractivity contribution in [2.75, 3.05) is 13.7 Å². The molecule has 0 bridgehead atoms.